The van der Waals surface area contributed by atoms with E-state index in [9.17, 15) is 5.11 Å². The lowest BCUT2D eigenvalue weighted by Gasteiger charge is -2.20. The van der Waals surface area contributed by atoms with E-state index in [1.165, 1.54) is 0 Å². The van der Waals surface area contributed by atoms with Gasteiger partial charge in [-0.3, -0.25) is 4.40 Å². The molecule has 94 valence electrons. The number of aliphatic hydroxyl groups is 1. The highest BCUT2D eigenvalue weighted by Gasteiger charge is 2.15. The quantitative estimate of drug-likeness (QED) is 0.867. The molecule has 0 saturated heterocycles. The molecule has 2 aromatic rings. The predicted octanol–water partition coefficient (Wildman–Crippen LogP) is 1.57. The molecule has 5 heteroatoms. The van der Waals surface area contributed by atoms with E-state index in [0.717, 1.165) is 23.7 Å². The van der Waals surface area contributed by atoms with Gasteiger partial charge in [-0.25, -0.2) is 4.98 Å². The Morgan fingerprint density at radius 1 is 1.50 bits per heavy atom. The Hall–Kier alpha value is -2.06. The Kier molecular flexibility index (Phi) is 3.80. The number of pyridine rings is 1. The molecule has 2 heterocycles. The van der Waals surface area contributed by atoms with Gasteiger partial charge in [-0.15, -0.1) is 0 Å². The summed E-state index contributed by atoms with van der Waals surface area (Å²) < 4.78 is 1.88. The van der Waals surface area contributed by atoms with Gasteiger partial charge in [0.25, 0.3) is 0 Å². The second kappa shape index (κ2) is 5.52. The number of anilines is 1. The van der Waals surface area contributed by atoms with Gasteiger partial charge in [-0.1, -0.05) is 6.07 Å². The third kappa shape index (κ3) is 2.15. The van der Waals surface area contributed by atoms with Crippen LogP contribution >= 0.6 is 0 Å². The second-order valence-corrected chi connectivity index (χ2v) is 3.96. The molecule has 0 bridgehead atoms. The fourth-order valence-corrected chi connectivity index (χ4v) is 2.03. The largest absolute Gasteiger partial charge is 0.390 e. The third-order valence-corrected chi connectivity index (χ3v) is 2.93. The first-order chi connectivity index (χ1) is 8.81. The molecular formula is C13H16N4O. The van der Waals surface area contributed by atoms with Gasteiger partial charge in [0, 0.05) is 19.3 Å². The number of fused-ring (bicyclic) bond motifs is 1. The summed E-state index contributed by atoms with van der Waals surface area (Å²) in [5.41, 5.74) is 1.58. The standard InChI is InChI=1S/C13H16N4O/c1-2-16(8-5-7-14)13-11(10-18)17-9-4-3-6-12(17)15-13/h3-4,6,9,18H,2,5,8,10H2,1H3. The minimum atomic E-state index is -0.0659. The summed E-state index contributed by atoms with van der Waals surface area (Å²) in [4.78, 5) is 6.54. The van der Waals surface area contributed by atoms with E-state index in [1.54, 1.807) is 0 Å². The van der Waals surface area contributed by atoms with Gasteiger partial charge in [-0.05, 0) is 19.1 Å². The zero-order chi connectivity index (χ0) is 13.0. The van der Waals surface area contributed by atoms with Crippen LogP contribution in [0.15, 0.2) is 24.4 Å². The number of aromatic nitrogens is 2. The number of aliphatic hydroxyl groups excluding tert-OH is 1. The summed E-state index contributed by atoms with van der Waals surface area (Å²) in [5, 5.41) is 18.2. The highest BCUT2D eigenvalue weighted by Crippen LogP contribution is 2.21. The maximum atomic E-state index is 9.52. The van der Waals surface area contributed by atoms with Crippen molar-refractivity contribution in [2.75, 3.05) is 18.0 Å². The molecule has 0 saturated carbocycles. The molecule has 0 amide bonds. The van der Waals surface area contributed by atoms with E-state index in [0.29, 0.717) is 13.0 Å². The molecule has 18 heavy (non-hydrogen) atoms. The molecule has 0 aromatic carbocycles. The molecule has 0 atom stereocenters. The molecule has 2 rings (SSSR count). The van der Waals surface area contributed by atoms with Crippen LogP contribution in [0.3, 0.4) is 0 Å². The van der Waals surface area contributed by atoms with Gasteiger partial charge < -0.3 is 10.0 Å². The van der Waals surface area contributed by atoms with Crippen LogP contribution in [-0.2, 0) is 6.61 Å². The monoisotopic (exact) mass is 244 g/mol. The Morgan fingerprint density at radius 2 is 2.33 bits per heavy atom. The number of nitrogens with zero attached hydrogens (tertiary/aromatic N) is 4. The molecule has 2 aromatic heterocycles. The van der Waals surface area contributed by atoms with Crippen LogP contribution in [0.1, 0.15) is 19.0 Å². The van der Waals surface area contributed by atoms with Crippen LogP contribution in [0.2, 0.25) is 0 Å². The predicted molar refractivity (Wildman–Crippen MR) is 69.2 cm³/mol. The molecule has 5 nitrogen and oxygen atoms in total. The van der Waals surface area contributed by atoms with E-state index in [4.69, 9.17) is 5.26 Å². The van der Waals surface area contributed by atoms with Crippen molar-refractivity contribution in [2.45, 2.75) is 20.0 Å². The van der Waals surface area contributed by atoms with Crippen LogP contribution in [0.4, 0.5) is 5.82 Å². The average molecular weight is 244 g/mol. The van der Waals surface area contributed by atoms with Crippen LogP contribution in [0.5, 0.6) is 0 Å². The first-order valence-electron chi connectivity index (χ1n) is 6.00. The maximum absolute atomic E-state index is 9.52. The van der Waals surface area contributed by atoms with Crippen molar-refractivity contribution in [1.82, 2.24) is 9.38 Å². The van der Waals surface area contributed by atoms with Crippen LogP contribution < -0.4 is 4.90 Å². The third-order valence-electron chi connectivity index (χ3n) is 2.93. The number of hydrogen-bond acceptors (Lipinski definition) is 4. The SMILES string of the molecule is CCN(CCC#N)c1nc2ccccn2c1CO. The van der Waals surface area contributed by atoms with Gasteiger partial charge in [0.1, 0.15) is 5.65 Å². The van der Waals surface area contributed by atoms with E-state index in [2.05, 4.69) is 11.1 Å². The summed E-state index contributed by atoms with van der Waals surface area (Å²) >= 11 is 0. The number of nitriles is 1. The smallest absolute Gasteiger partial charge is 0.153 e. The van der Waals surface area contributed by atoms with Crippen molar-refractivity contribution in [1.29, 1.82) is 5.26 Å². The average Bonchev–Trinajstić information content (AvgIpc) is 2.78. The Labute approximate surface area is 106 Å². The minimum Gasteiger partial charge on any atom is -0.390 e. The molecule has 0 spiro atoms. The minimum absolute atomic E-state index is 0.0659. The number of hydrogen-bond donors (Lipinski definition) is 1. The summed E-state index contributed by atoms with van der Waals surface area (Å²) in [7, 11) is 0. The van der Waals surface area contributed by atoms with Crippen molar-refractivity contribution < 1.29 is 5.11 Å². The van der Waals surface area contributed by atoms with Crippen molar-refractivity contribution in [3.8, 4) is 6.07 Å². The number of imidazole rings is 1. The molecule has 0 aliphatic heterocycles. The van der Waals surface area contributed by atoms with Crippen molar-refractivity contribution in [3.63, 3.8) is 0 Å². The maximum Gasteiger partial charge on any atom is 0.153 e. The fourth-order valence-electron chi connectivity index (χ4n) is 2.03. The van der Waals surface area contributed by atoms with Gasteiger partial charge in [-0.2, -0.15) is 5.26 Å². The van der Waals surface area contributed by atoms with Crippen molar-refractivity contribution in [3.05, 3.63) is 30.1 Å². The molecule has 0 unspecified atom stereocenters. The van der Waals surface area contributed by atoms with Crippen LogP contribution in [0.25, 0.3) is 5.65 Å². The Balaban J connectivity index is 2.45. The van der Waals surface area contributed by atoms with E-state index < -0.39 is 0 Å². The van der Waals surface area contributed by atoms with E-state index >= 15 is 0 Å². The molecule has 0 aliphatic carbocycles. The van der Waals surface area contributed by atoms with E-state index in [1.807, 2.05) is 40.6 Å². The van der Waals surface area contributed by atoms with Crippen LogP contribution in [0, 0.1) is 11.3 Å². The molecule has 0 radical (unpaired) electrons. The first-order valence-corrected chi connectivity index (χ1v) is 6.00. The highest BCUT2D eigenvalue weighted by atomic mass is 16.3. The second-order valence-electron chi connectivity index (χ2n) is 3.96. The lowest BCUT2D eigenvalue weighted by atomic mass is 10.3. The van der Waals surface area contributed by atoms with Crippen molar-refractivity contribution >= 4 is 11.5 Å². The number of rotatable bonds is 5. The van der Waals surface area contributed by atoms with Gasteiger partial charge in [0.05, 0.1) is 24.8 Å². The fraction of sp³-hybridized carbons (Fsp3) is 0.385. The van der Waals surface area contributed by atoms with Crippen LogP contribution in [-0.4, -0.2) is 27.6 Å². The Bertz CT molecular complexity index is 570. The summed E-state index contributed by atoms with van der Waals surface area (Å²) in [6.07, 6.45) is 2.34. The lowest BCUT2D eigenvalue weighted by molar-refractivity contribution is 0.276. The van der Waals surface area contributed by atoms with Crippen molar-refractivity contribution in [2.24, 2.45) is 0 Å². The van der Waals surface area contributed by atoms with Gasteiger partial charge in [0.15, 0.2) is 5.82 Å². The lowest BCUT2D eigenvalue weighted by Crippen LogP contribution is -2.25. The summed E-state index contributed by atoms with van der Waals surface area (Å²) in [6, 6.07) is 7.86. The van der Waals surface area contributed by atoms with Gasteiger partial charge in [0.2, 0.25) is 0 Å². The molecule has 0 fully saturated rings. The molecule has 1 N–H and O–H groups in total. The zero-order valence-electron chi connectivity index (χ0n) is 10.4. The van der Waals surface area contributed by atoms with E-state index in [-0.39, 0.29) is 6.61 Å². The summed E-state index contributed by atoms with van der Waals surface area (Å²) in [6.45, 7) is 3.34. The zero-order valence-corrected chi connectivity index (χ0v) is 10.4. The Morgan fingerprint density at radius 3 is 3.00 bits per heavy atom. The first kappa shape index (κ1) is 12.4. The highest BCUT2D eigenvalue weighted by molar-refractivity contribution is 5.55. The normalized spacial score (nSPS) is 10.5. The molecular weight excluding hydrogens is 228 g/mol. The topological polar surface area (TPSA) is 64.6 Å². The van der Waals surface area contributed by atoms with Gasteiger partial charge >= 0.3 is 0 Å². The molecule has 0 aliphatic rings. The summed E-state index contributed by atoms with van der Waals surface area (Å²) in [5.74, 6) is 0.765.